The maximum Gasteiger partial charge on any atom is 0.566 e. The van der Waals surface area contributed by atoms with Gasteiger partial charge in [-0.3, -0.25) is 135 Å². The average molecular weight is 1870 g/mol. The molecule has 688 valence electrons. The second-order valence-corrected chi connectivity index (χ2v) is 29.9. The van der Waals surface area contributed by atoms with E-state index < -0.39 is 264 Å². The first-order valence-corrected chi connectivity index (χ1v) is 41.5. The van der Waals surface area contributed by atoms with Crippen LogP contribution in [-0.2, 0) is 192 Å². The van der Waals surface area contributed by atoms with Crippen LogP contribution in [-0.4, -0.2) is 334 Å². The lowest BCUT2D eigenvalue weighted by Crippen LogP contribution is -2.37. The first kappa shape index (κ1) is 98.8. The highest BCUT2D eigenvalue weighted by molar-refractivity contribution is 8.02. The molecule has 4 unspecified atom stereocenters. The van der Waals surface area contributed by atoms with E-state index >= 15 is 0 Å². The van der Waals surface area contributed by atoms with Crippen molar-refractivity contribution < 1.29 is 231 Å². The van der Waals surface area contributed by atoms with Gasteiger partial charge in [-0.05, 0) is 0 Å². The van der Waals surface area contributed by atoms with Gasteiger partial charge in [0.2, 0.25) is 0 Å². The zero-order valence-electron chi connectivity index (χ0n) is 65.1. The van der Waals surface area contributed by atoms with Gasteiger partial charge in [-0.25, -0.2) is 19.2 Å². The molecule has 0 spiro atoms. The highest BCUT2D eigenvalue weighted by Gasteiger charge is 2.43. The molecule has 8 fully saturated rings. The molecule has 8 saturated heterocycles. The van der Waals surface area contributed by atoms with Gasteiger partial charge in [0.05, 0.1) is 51.8 Å². The molecule has 0 N–H and O–H groups in total. The van der Waals surface area contributed by atoms with Gasteiger partial charge < -0.3 is 37.9 Å². The molecule has 8 aliphatic rings. The number of hydroxylamine groups is 16. The van der Waals surface area contributed by atoms with E-state index in [9.17, 15) is 115 Å². The normalized spacial score (nSPS) is 18.1. The van der Waals surface area contributed by atoms with Crippen LogP contribution in [0.4, 0.5) is 38.4 Å². The third-order valence-corrected chi connectivity index (χ3v) is 22.0. The Morgan fingerprint density at radius 1 is 0.240 bits per heavy atom. The van der Waals surface area contributed by atoms with E-state index in [1.54, 1.807) is 0 Å². The molecular formula is C65H76N8O48S4. The molecule has 16 amide bonds. The zero-order valence-corrected chi connectivity index (χ0v) is 68.3. The van der Waals surface area contributed by atoms with Crippen molar-refractivity contribution in [1.82, 2.24) is 40.5 Å². The Labute approximate surface area is 717 Å². The smallest absolute Gasteiger partial charge is 0.430 e. The monoisotopic (exact) mass is 1860 g/mol. The first-order chi connectivity index (χ1) is 59.8. The summed E-state index contributed by atoms with van der Waals surface area (Å²) in [5.74, 6) is -16.3. The Bertz CT molecular complexity index is 3690. The summed E-state index contributed by atoms with van der Waals surface area (Å²) in [5, 5.41) is 1.19. The molecule has 56 nitrogen and oxygen atoms in total. The SMILES string of the molecule is O=C(OCCOCC(CSCC(CSCC(COCCOC(=O)ON1C(=O)CCC1=O)OCCOC(=O)ON1C(=O)CCC1=O)(CSCC(COOC(=O)ON1C(=O)CCC1=O)OOC(=O)ON1C(=O)CCC1=O)CSCC(COOC(=O)ON1C(=O)CCC1=O)OOC(=O)ON1C(=O)CCC1=O)OCCOC(=O)ON1C(=O)CCC1=O)ON1C(=O)CCC1=O. The Hall–Kier alpha value is -11.6. The molecule has 60 heteroatoms. The molecule has 4 atom stereocenters. The van der Waals surface area contributed by atoms with Crippen molar-refractivity contribution in [2.75, 3.05) is 125 Å². The highest BCUT2D eigenvalue weighted by Crippen LogP contribution is 2.38. The quantitative estimate of drug-likeness (QED) is 0.0192. The van der Waals surface area contributed by atoms with Gasteiger partial charge >= 0.3 is 49.2 Å². The first-order valence-electron chi connectivity index (χ1n) is 36.9. The van der Waals surface area contributed by atoms with Crippen molar-refractivity contribution >= 4 is 191 Å². The van der Waals surface area contributed by atoms with Gasteiger partial charge in [0.15, 0.2) is 0 Å². The second-order valence-electron chi connectivity index (χ2n) is 25.8. The zero-order chi connectivity index (χ0) is 90.5. The van der Waals surface area contributed by atoms with Crippen LogP contribution in [0.5, 0.6) is 0 Å². The van der Waals surface area contributed by atoms with Crippen LogP contribution in [0.2, 0.25) is 0 Å². The summed E-state index contributed by atoms with van der Waals surface area (Å²) in [6, 6.07) is 0. The summed E-state index contributed by atoms with van der Waals surface area (Å²) >= 11 is 3.93. The van der Waals surface area contributed by atoms with Gasteiger partial charge in [-0.2, -0.15) is 85.8 Å². The molecular weight excluding hydrogens is 1790 g/mol. The predicted molar refractivity (Wildman–Crippen MR) is 383 cm³/mol. The van der Waals surface area contributed by atoms with Crippen LogP contribution in [0.1, 0.15) is 103 Å². The molecule has 0 aliphatic carbocycles. The van der Waals surface area contributed by atoms with Crippen molar-refractivity contribution in [3.63, 3.8) is 0 Å². The minimum absolute atomic E-state index is 0.0825. The average Bonchev–Trinajstić information content (AvgIpc) is 1.73. The number of carbonyl (C=O) groups excluding carboxylic acids is 24. The van der Waals surface area contributed by atoms with Gasteiger partial charge in [0.1, 0.15) is 51.8 Å². The van der Waals surface area contributed by atoms with Crippen molar-refractivity contribution in [2.45, 2.75) is 127 Å². The second kappa shape index (κ2) is 50.3. The fourth-order valence-corrected chi connectivity index (χ4v) is 16.4. The number of imide groups is 8. The largest absolute Gasteiger partial charge is 0.566 e. The van der Waals surface area contributed by atoms with Crippen molar-refractivity contribution in [2.24, 2.45) is 5.41 Å². The number of hydrogen-bond donors (Lipinski definition) is 0. The van der Waals surface area contributed by atoms with Crippen molar-refractivity contribution in [3.8, 4) is 0 Å². The van der Waals surface area contributed by atoms with E-state index in [-0.39, 0.29) is 178 Å². The molecule has 0 aromatic rings. The molecule has 0 aromatic heterocycles. The molecule has 0 bridgehead atoms. The predicted octanol–water partition coefficient (Wildman–Crippen LogP) is -0.0896. The number of nitrogens with zero attached hydrogens (tertiary/aromatic N) is 8. The maximum absolute atomic E-state index is 13.0. The standard InChI is InChI=1S/C65H76N8O48S4/c74-41-1-2-42(75)66(41)108-57(90)102-19-17-98-25-37(100-21-23-104-59(92)110-68-45(78)5-6-46(68)79)29-122-33-65(35-124-31-39(116-120-63(96)114-72-53(86)13-14-54(72)87)27-106-118-61(94)112-70-49(82)9-10-50(70)83,36-125-32-40(117-121-64(97)115-73-55(88)15-16-56(73)89)28-107-119-62(95)113-71-51(84)11-12-52(71)85)34-123-30-38(101-22-24-105-60(93)111-69-47(80)7-8-48(69)81)26-99-18-20-103-58(91)109-67-43(76)3-4-44(67)77/h37-40H,1-36H2. The van der Waals surface area contributed by atoms with Crippen LogP contribution < -0.4 is 0 Å². The van der Waals surface area contributed by atoms with Crippen molar-refractivity contribution in [1.29, 1.82) is 0 Å². The lowest BCUT2D eigenvalue weighted by molar-refractivity contribution is -0.333. The summed E-state index contributed by atoms with van der Waals surface area (Å²) in [5.41, 5.74) is -1.36. The van der Waals surface area contributed by atoms with E-state index in [2.05, 4.69) is 19.5 Å². The molecule has 0 radical (unpaired) electrons. The van der Waals surface area contributed by atoms with E-state index in [4.69, 9.17) is 96.2 Å². The number of carbonyl (C=O) groups is 24. The van der Waals surface area contributed by atoms with E-state index in [1.165, 1.54) is 0 Å². The summed E-state index contributed by atoms with van der Waals surface area (Å²) in [6.45, 7) is -7.08. The summed E-state index contributed by atoms with van der Waals surface area (Å²) < 4.78 is 43.8. The van der Waals surface area contributed by atoms with Crippen LogP contribution in [0.25, 0.3) is 0 Å². The third kappa shape index (κ3) is 32.8. The molecule has 0 aromatic carbocycles. The third-order valence-electron chi connectivity index (χ3n) is 16.3. The molecule has 0 saturated carbocycles. The summed E-state index contributed by atoms with van der Waals surface area (Å²) in [7, 11) is 0. The van der Waals surface area contributed by atoms with Crippen molar-refractivity contribution in [3.05, 3.63) is 0 Å². The fourth-order valence-electron chi connectivity index (χ4n) is 10.4. The molecule has 8 heterocycles. The van der Waals surface area contributed by atoms with Crippen LogP contribution in [0, 0.1) is 5.41 Å². The number of amides is 16. The summed E-state index contributed by atoms with van der Waals surface area (Å²) in [6.07, 6.45) is -23.7. The van der Waals surface area contributed by atoms with Crippen LogP contribution in [0.15, 0.2) is 0 Å². The number of rotatable bonds is 52. The van der Waals surface area contributed by atoms with Gasteiger partial charge in [-0.15, -0.1) is 0 Å². The minimum atomic E-state index is -1.82. The minimum Gasteiger partial charge on any atom is -0.430 e. The van der Waals surface area contributed by atoms with Gasteiger partial charge in [-0.1, -0.05) is 40.5 Å². The summed E-state index contributed by atoms with van der Waals surface area (Å²) in [4.78, 5) is 375. The number of hydrogen-bond acceptors (Lipinski definition) is 52. The van der Waals surface area contributed by atoms with Crippen LogP contribution in [0.3, 0.4) is 0 Å². The van der Waals surface area contributed by atoms with E-state index in [1.807, 2.05) is 0 Å². The Balaban J connectivity index is 1.09. The number of ether oxygens (including phenoxy) is 8. The lowest BCUT2D eigenvalue weighted by Gasteiger charge is -2.35. The van der Waals surface area contributed by atoms with E-state index in [0.717, 1.165) is 47.0 Å². The Kier molecular flexibility index (Phi) is 39.8. The lowest BCUT2D eigenvalue weighted by atomic mass is 9.99. The highest BCUT2D eigenvalue weighted by atomic mass is 32.2. The molecule has 125 heavy (non-hydrogen) atoms. The molecule has 8 rings (SSSR count). The van der Waals surface area contributed by atoms with Gasteiger partial charge in [0.25, 0.3) is 94.5 Å². The fraction of sp³-hybridized carbons (Fsp3) is 0.631. The molecule has 8 aliphatic heterocycles. The Morgan fingerprint density at radius 2 is 0.432 bits per heavy atom. The number of thioether (sulfide) groups is 4. The Morgan fingerprint density at radius 3 is 0.656 bits per heavy atom. The van der Waals surface area contributed by atoms with Crippen LogP contribution >= 0.6 is 47.0 Å². The maximum atomic E-state index is 13.0. The van der Waals surface area contributed by atoms with E-state index in [0.29, 0.717) is 0 Å². The van der Waals surface area contributed by atoms with Gasteiger partial charge in [0, 0.05) is 154 Å². The topological polar surface area (TPSA) is 657 Å².